The third kappa shape index (κ3) is 3.55. The number of hydrogen-bond donors (Lipinski definition) is 1. The highest BCUT2D eigenvalue weighted by Crippen LogP contribution is 2.22. The molecule has 7 heteroatoms. The van der Waals surface area contributed by atoms with Crippen LogP contribution < -0.4 is 5.32 Å². The molecule has 122 valence electrons. The van der Waals surface area contributed by atoms with E-state index in [1.165, 1.54) is 0 Å². The van der Waals surface area contributed by atoms with Gasteiger partial charge in [-0.3, -0.25) is 4.79 Å². The SMILES string of the molecule is Cc1ccc(NC(=O)COC(=O)c2ccn3cncc3c2)c(Cl)c1. The van der Waals surface area contributed by atoms with Crippen molar-refractivity contribution < 1.29 is 14.3 Å². The Kier molecular flexibility index (Phi) is 4.48. The van der Waals surface area contributed by atoms with E-state index in [4.69, 9.17) is 16.3 Å². The van der Waals surface area contributed by atoms with Crippen LogP contribution in [0.4, 0.5) is 5.69 Å². The number of anilines is 1. The predicted octanol–water partition coefficient (Wildman–Crippen LogP) is 3.09. The van der Waals surface area contributed by atoms with Gasteiger partial charge in [0.2, 0.25) is 0 Å². The average molecular weight is 344 g/mol. The zero-order chi connectivity index (χ0) is 17.1. The van der Waals surface area contributed by atoms with Gasteiger partial charge in [-0.05, 0) is 36.8 Å². The monoisotopic (exact) mass is 343 g/mol. The Labute approximate surface area is 143 Å². The van der Waals surface area contributed by atoms with Crippen molar-refractivity contribution in [2.24, 2.45) is 0 Å². The number of esters is 1. The van der Waals surface area contributed by atoms with Crippen molar-refractivity contribution in [2.45, 2.75) is 6.92 Å². The molecule has 0 radical (unpaired) electrons. The van der Waals surface area contributed by atoms with E-state index in [1.807, 2.05) is 13.0 Å². The van der Waals surface area contributed by atoms with Crippen LogP contribution >= 0.6 is 11.6 Å². The Hall–Kier alpha value is -2.86. The summed E-state index contributed by atoms with van der Waals surface area (Å²) in [7, 11) is 0. The number of aromatic nitrogens is 2. The van der Waals surface area contributed by atoms with Gasteiger partial charge in [-0.15, -0.1) is 0 Å². The molecule has 1 aromatic carbocycles. The number of pyridine rings is 1. The van der Waals surface area contributed by atoms with Crippen molar-refractivity contribution in [3.05, 3.63) is 65.2 Å². The Balaban J connectivity index is 1.60. The zero-order valence-corrected chi connectivity index (χ0v) is 13.6. The standard InChI is InChI=1S/C17H14ClN3O3/c1-11-2-3-15(14(18)6-11)20-16(22)9-24-17(23)12-4-5-21-10-19-8-13(21)7-12/h2-8,10H,9H2,1H3,(H,20,22). The van der Waals surface area contributed by atoms with Gasteiger partial charge in [0.15, 0.2) is 6.61 Å². The molecule has 1 amide bonds. The Morgan fingerprint density at radius 1 is 1.29 bits per heavy atom. The van der Waals surface area contributed by atoms with Crippen LogP contribution in [0.25, 0.3) is 5.52 Å². The molecular formula is C17H14ClN3O3. The van der Waals surface area contributed by atoms with E-state index in [0.717, 1.165) is 11.1 Å². The number of rotatable bonds is 4. The first kappa shape index (κ1) is 16.0. The van der Waals surface area contributed by atoms with Gasteiger partial charge < -0.3 is 14.5 Å². The first-order valence-electron chi connectivity index (χ1n) is 7.18. The molecule has 0 spiro atoms. The topological polar surface area (TPSA) is 72.7 Å². The predicted molar refractivity (Wildman–Crippen MR) is 90.3 cm³/mol. The van der Waals surface area contributed by atoms with Gasteiger partial charge in [0.05, 0.1) is 34.3 Å². The molecule has 2 aromatic heterocycles. The number of halogens is 1. The highest BCUT2D eigenvalue weighted by atomic mass is 35.5. The number of fused-ring (bicyclic) bond motifs is 1. The second-order valence-electron chi connectivity index (χ2n) is 5.25. The first-order chi connectivity index (χ1) is 11.5. The number of carbonyl (C=O) groups excluding carboxylic acids is 2. The largest absolute Gasteiger partial charge is 0.452 e. The minimum Gasteiger partial charge on any atom is -0.452 e. The van der Waals surface area contributed by atoms with Crippen LogP contribution in [0.15, 0.2) is 49.1 Å². The molecule has 0 saturated carbocycles. The molecule has 0 fully saturated rings. The van der Waals surface area contributed by atoms with Gasteiger partial charge in [-0.1, -0.05) is 17.7 Å². The number of carbonyl (C=O) groups is 2. The summed E-state index contributed by atoms with van der Waals surface area (Å²) >= 11 is 6.05. The number of benzene rings is 1. The molecule has 3 rings (SSSR count). The molecule has 0 aliphatic carbocycles. The van der Waals surface area contributed by atoms with Crippen molar-refractivity contribution in [2.75, 3.05) is 11.9 Å². The summed E-state index contributed by atoms with van der Waals surface area (Å²) in [5.41, 5.74) is 2.58. The van der Waals surface area contributed by atoms with Crippen LogP contribution in [0.2, 0.25) is 5.02 Å². The molecule has 1 N–H and O–H groups in total. The summed E-state index contributed by atoms with van der Waals surface area (Å²) in [6.07, 6.45) is 4.96. The van der Waals surface area contributed by atoms with E-state index in [9.17, 15) is 9.59 Å². The van der Waals surface area contributed by atoms with Crippen molar-refractivity contribution in [3.8, 4) is 0 Å². The van der Waals surface area contributed by atoms with E-state index in [1.54, 1.807) is 47.4 Å². The number of imidazole rings is 1. The second kappa shape index (κ2) is 6.72. The Morgan fingerprint density at radius 3 is 2.92 bits per heavy atom. The van der Waals surface area contributed by atoms with E-state index in [2.05, 4.69) is 10.3 Å². The van der Waals surface area contributed by atoms with E-state index in [0.29, 0.717) is 16.3 Å². The van der Waals surface area contributed by atoms with Crippen molar-refractivity contribution in [1.82, 2.24) is 9.38 Å². The fraction of sp³-hybridized carbons (Fsp3) is 0.118. The zero-order valence-electron chi connectivity index (χ0n) is 12.8. The molecule has 0 unspecified atom stereocenters. The summed E-state index contributed by atoms with van der Waals surface area (Å²) in [4.78, 5) is 27.9. The minimum absolute atomic E-state index is 0.351. The average Bonchev–Trinajstić information content (AvgIpc) is 3.03. The Bertz CT molecular complexity index is 920. The molecule has 0 bridgehead atoms. The highest BCUT2D eigenvalue weighted by Gasteiger charge is 2.12. The van der Waals surface area contributed by atoms with Crippen LogP contribution in [0.5, 0.6) is 0 Å². The molecular weight excluding hydrogens is 330 g/mol. The summed E-state index contributed by atoms with van der Waals surface area (Å²) in [5, 5.41) is 3.04. The summed E-state index contributed by atoms with van der Waals surface area (Å²) in [5.74, 6) is -1.04. The number of hydrogen-bond acceptors (Lipinski definition) is 4. The summed E-state index contributed by atoms with van der Waals surface area (Å²) in [6.45, 7) is 1.50. The van der Waals surface area contributed by atoms with Gasteiger partial charge in [-0.2, -0.15) is 0 Å². The lowest BCUT2D eigenvalue weighted by Gasteiger charge is -2.09. The smallest absolute Gasteiger partial charge is 0.338 e. The van der Waals surface area contributed by atoms with Crippen LogP contribution in [0, 0.1) is 6.92 Å². The molecule has 24 heavy (non-hydrogen) atoms. The molecule has 0 atom stereocenters. The molecule has 2 heterocycles. The van der Waals surface area contributed by atoms with Crippen LogP contribution in [0.1, 0.15) is 15.9 Å². The van der Waals surface area contributed by atoms with Crippen LogP contribution in [0.3, 0.4) is 0 Å². The number of nitrogens with zero attached hydrogens (tertiary/aromatic N) is 2. The molecule has 3 aromatic rings. The van der Waals surface area contributed by atoms with Gasteiger partial charge in [0.1, 0.15) is 0 Å². The summed E-state index contributed by atoms with van der Waals surface area (Å²) in [6, 6.07) is 8.51. The number of amides is 1. The van der Waals surface area contributed by atoms with Gasteiger partial charge in [-0.25, -0.2) is 9.78 Å². The van der Waals surface area contributed by atoms with E-state index < -0.39 is 18.5 Å². The molecule has 0 aliphatic rings. The lowest BCUT2D eigenvalue weighted by Crippen LogP contribution is -2.21. The van der Waals surface area contributed by atoms with E-state index >= 15 is 0 Å². The van der Waals surface area contributed by atoms with Gasteiger partial charge >= 0.3 is 5.97 Å². The number of aryl methyl sites for hydroxylation is 1. The van der Waals surface area contributed by atoms with Gasteiger partial charge in [0.25, 0.3) is 5.91 Å². The maximum atomic E-state index is 12.0. The molecule has 0 saturated heterocycles. The maximum absolute atomic E-state index is 12.0. The third-order valence-electron chi connectivity index (χ3n) is 3.38. The normalized spacial score (nSPS) is 10.6. The van der Waals surface area contributed by atoms with Crippen molar-refractivity contribution >= 4 is 34.7 Å². The van der Waals surface area contributed by atoms with Crippen LogP contribution in [-0.2, 0) is 9.53 Å². The van der Waals surface area contributed by atoms with E-state index in [-0.39, 0.29) is 0 Å². The maximum Gasteiger partial charge on any atom is 0.338 e. The fourth-order valence-electron chi connectivity index (χ4n) is 2.17. The first-order valence-corrected chi connectivity index (χ1v) is 7.55. The lowest BCUT2D eigenvalue weighted by molar-refractivity contribution is -0.119. The molecule has 6 nitrogen and oxygen atoms in total. The highest BCUT2D eigenvalue weighted by molar-refractivity contribution is 6.33. The number of ether oxygens (including phenoxy) is 1. The fourth-order valence-corrected chi connectivity index (χ4v) is 2.45. The van der Waals surface area contributed by atoms with Crippen molar-refractivity contribution in [1.29, 1.82) is 0 Å². The lowest BCUT2D eigenvalue weighted by atomic mass is 10.2. The number of nitrogens with one attached hydrogen (secondary N) is 1. The second-order valence-corrected chi connectivity index (χ2v) is 5.66. The minimum atomic E-state index is -0.580. The Morgan fingerprint density at radius 2 is 2.12 bits per heavy atom. The van der Waals surface area contributed by atoms with Gasteiger partial charge in [0, 0.05) is 6.20 Å². The third-order valence-corrected chi connectivity index (χ3v) is 3.70. The quantitative estimate of drug-likeness (QED) is 0.739. The summed E-state index contributed by atoms with van der Waals surface area (Å²) < 4.78 is 6.79. The van der Waals surface area contributed by atoms with Crippen molar-refractivity contribution in [3.63, 3.8) is 0 Å². The van der Waals surface area contributed by atoms with Crippen LogP contribution in [-0.4, -0.2) is 27.9 Å². The molecule has 0 aliphatic heterocycles.